The Morgan fingerprint density at radius 3 is 1.58 bits per heavy atom. The van der Waals surface area contributed by atoms with E-state index in [-0.39, 0.29) is 4.38 Å². The van der Waals surface area contributed by atoms with E-state index in [9.17, 15) is 5.11 Å². The van der Waals surface area contributed by atoms with Gasteiger partial charge in [-0.15, -0.1) is 10.2 Å². The Hall–Kier alpha value is -1.36. The highest BCUT2D eigenvalue weighted by Gasteiger charge is 2.25. The standard InChI is InChI=1S/C15H17NOS2/c16-19(15(17)18,11-13-7-3-1-4-8-13)12-14-9-5-2-6-10-14/h1-10H,11-12,16H2,(H,17,18). The Morgan fingerprint density at radius 1 is 0.895 bits per heavy atom. The second kappa shape index (κ2) is 6.19. The van der Waals surface area contributed by atoms with Crippen molar-refractivity contribution in [3.8, 4) is 0 Å². The van der Waals surface area contributed by atoms with Crippen LogP contribution < -0.4 is 5.14 Å². The van der Waals surface area contributed by atoms with E-state index in [4.69, 9.17) is 17.4 Å². The average molecular weight is 291 g/mol. The minimum atomic E-state index is -1.87. The molecule has 0 aliphatic heterocycles. The molecule has 0 spiro atoms. The lowest BCUT2D eigenvalue weighted by Crippen LogP contribution is -2.23. The monoisotopic (exact) mass is 291 g/mol. The van der Waals surface area contributed by atoms with Crippen LogP contribution in [0.2, 0.25) is 0 Å². The number of nitrogens with two attached hydrogens (primary N) is 1. The number of aliphatic hydroxyl groups excluding tert-OH is 1. The maximum atomic E-state index is 9.84. The van der Waals surface area contributed by atoms with Crippen LogP contribution in [0, 0.1) is 0 Å². The highest BCUT2D eigenvalue weighted by Crippen LogP contribution is 2.47. The van der Waals surface area contributed by atoms with Crippen LogP contribution in [0.3, 0.4) is 0 Å². The fraction of sp³-hybridized carbons (Fsp3) is 0.133. The highest BCUT2D eigenvalue weighted by atomic mass is 32.3. The van der Waals surface area contributed by atoms with Gasteiger partial charge in [0.25, 0.3) is 0 Å². The summed E-state index contributed by atoms with van der Waals surface area (Å²) in [5.41, 5.74) is 2.21. The van der Waals surface area contributed by atoms with Crippen LogP contribution in [0.4, 0.5) is 0 Å². The zero-order valence-electron chi connectivity index (χ0n) is 10.5. The van der Waals surface area contributed by atoms with Crippen molar-refractivity contribution >= 4 is 26.8 Å². The van der Waals surface area contributed by atoms with E-state index in [1.807, 2.05) is 60.7 Å². The van der Waals surface area contributed by atoms with Gasteiger partial charge in [-0.3, -0.25) is 5.14 Å². The lowest BCUT2D eigenvalue weighted by molar-refractivity contribution is 0.583. The van der Waals surface area contributed by atoms with E-state index in [0.717, 1.165) is 11.1 Å². The molecule has 0 aliphatic rings. The van der Waals surface area contributed by atoms with Crippen LogP contribution in [0.5, 0.6) is 0 Å². The molecule has 0 bridgehead atoms. The first-order valence-electron chi connectivity index (χ1n) is 5.97. The molecule has 2 aromatic carbocycles. The van der Waals surface area contributed by atoms with Gasteiger partial charge in [0, 0.05) is 11.5 Å². The van der Waals surface area contributed by atoms with Crippen molar-refractivity contribution in [1.82, 2.24) is 0 Å². The summed E-state index contributed by atoms with van der Waals surface area (Å²) in [7, 11) is -1.87. The van der Waals surface area contributed by atoms with E-state index in [0.29, 0.717) is 11.5 Å². The van der Waals surface area contributed by atoms with E-state index in [2.05, 4.69) is 0 Å². The SMILES string of the molecule is NS(Cc1ccccc1)(Cc1ccccc1)C(O)=S. The Labute approximate surface area is 120 Å². The molecule has 0 amide bonds. The number of benzene rings is 2. The van der Waals surface area contributed by atoms with Gasteiger partial charge in [0.05, 0.1) is 0 Å². The molecule has 2 rings (SSSR count). The molecule has 0 heterocycles. The van der Waals surface area contributed by atoms with Crippen molar-refractivity contribution in [2.24, 2.45) is 5.14 Å². The van der Waals surface area contributed by atoms with Crippen LogP contribution in [-0.4, -0.2) is 9.49 Å². The number of hydrogen-bond donors (Lipinski definition) is 2. The summed E-state index contributed by atoms with van der Waals surface area (Å²) in [6.45, 7) is 0. The van der Waals surface area contributed by atoms with E-state index in [1.54, 1.807) is 0 Å². The minimum Gasteiger partial charge on any atom is -0.494 e. The van der Waals surface area contributed by atoms with E-state index >= 15 is 0 Å². The molecule has 0 aromatic heterocycles. The zero-order chi connectivity index (χ0) is 13.7. The van der Waals surface area contributed by atoms with Crippen molar-refractivity contribution in [1.29, 1.82) is 0 Å². The third-order valence-electron chi connectivity index (χ3n) is 2.88. The molecule has 2 nitrogen and oxygen atoms in total. The van der Waals surface area contributed by atoms with E-state index in [1.165, 1.54) is 0 Å². The molecule has 3 N–H and O–H groups in total. The molecule has 0 aliphatic carbocycles. The first kappa shape index (κ1) is 14.1. The highest BCUT2D eigenvalue weighted by molar-refractivity contribution is 8.46. The maximum absolute atomic E-state index is 9.84. The van der Waals surface area contributed by atoms with Gasteiger partial charge in [0.2, 0.25) is 4.38 Å². The van der Waals surface area contributed by atoms with Gasteiger partial charge in [-0.05, 0) is 23.3 Å². The predicted molar refractivity (Wildman–Crippen MR) is 87.3 cm³/mol. The van der Waals surface area contributed by atoms with Gasteiger partial charge in [0.15, 0.2) is 0 Å². The number of rotatable bonds is 4. The molecule has 0 atom stereocenters. The van der Waals surface area contributed by atoms with Crippen LogP contribution in [0.15, 0.2) is 60.7 Å². The molecule has 0 saturated heterocycles. The maximum Gasteiger partial charge on any atom is 0.212 e. The summed E-state index contributed by atoms with van der Waals surface area (Å²) in [6, 6.07) is 19.9. The van der Waals surface area contributed by atoms with Gasteiger partial charge in [0.1, 0.15) is 0 Å². The topological polar surface area (TPSA) is 46.2 Å². The molecule has 4 heteroatoms. The molecule has 100 valence electrons. The van der Waals surface area contributed by atoms with Crippen LogP contribution in [0.1, 0.15) is 11.1 Å². The summed E-state index contributed by atoms with van der Waals surface area (Å²) >= 11 is 5.00. The predicted octanol–water partition coefficient (Wildman–Crippen LogP) is 3.91. The van der Waals surface area contributed by atoms with Gasteiger partial charge < -0.3 is 5.11 Å². The smallest absolute Gasteiger partial charge is 0.212 e. The molecular formula is C15H17NOS2. The summed E-state index contributed by atoms with van der Waals surface area (Å²) < 4.78 is -0.0554. The van der Waals surface area contributed by atoms with E-state index < -0.39 is 10.2 Å². The Bertz CT molecular complexity index is 501. The van der Waals surface area contributed by atoms with Crippen LogP contribution >= 0.6 is 22.4 Å². The van der Waals surface area contributed by atoms with Crippen molar-refractivity contribution in [2.75, 3.05) is 0 Å². The fourth-order valence-electron chi connectivity index (χ4n) is 1.92. The lowest BCUT2D eigenvalue weighted by Gasteiger charge is -2.33. The van der Waals surface area contributed by atoms with Crippen LogP contribution in [-0.2, 0) is 11.5 Å². The molecule has 0 fully saturated rings. The van der Waals surface area contributed by atoms with Crippen molar-refractivity contribution in [3.63, 3.8) is 0 Å². The van der Waals surface area contributed by atoms with Gasteiger partial charge >= 0.3 is 0 Å². The fourth-order valence-corrected chi connectivity index (χ4v) is 4.19. The third kappa shape index (κ3) is 3.80. The minimum absolute atomic E-state index is 0.0554. The summed E-state index contributed by atoms with van der Waals surface area (Å²) in [4.78, 5) is 0. The summed E-state index contributed by atoms with van der Waals surface area (Å²) in [6.07, 6.45) is 0. The van der Waals surface area contributed by atoms with Crippen molar-refractivity contribution in [2.45, 2.75) is 11.5 Å². The number of thiocarbonyl (C=S) groups is 1. The molecule has 2 aromatic rings. The Balaban J connectivity index is 2.21. The molecule has 19 heavy (non-hydrogen) atoms. The molecule has 0 unspecified atom stereocenters. The zero-order valence-corrected chi connectivity index (χ0v) is 12.2. The largest absolute Gasteiger partial charge is 0.494 e. The average Bonchev–Trinajstić information content (AvgIpc) is 2.40. The normalized spacial score (nSPS) is 12.1. The Kier molecular flexibility index (Phi) is 4.58. The van der Waals surface area contributed by atoms with Gasteiger partial charge in [-0.25, -0.2) is 0 Å². The first-order chi connectivity index (χ1) is 9.10. The molecule has 0 radical (unpaired) electrons. The van der Waals surface area contributed by atoms with Crippen molar-refractivity contribution in [3.05, 3.63) is 71.8 Å². The summed E-state index contributed by atoms with van der Waals surface area (Å²) in [5.74, 6) is 1.22. The second-order valence-electron chi connectivity index (χ2n) is 4.47. The third-order valence-corrected chi connectivity index (χ3v) is 6.27. The van der Waals surface area contributed by atoms with Crippen LogP contribution in [0.25, 0.3) is 0 Å². The number of aliphatic hydroxyl groups is 1. The summed E-state index contributed by atoms with van der Waals surface area (Å²) in [5, 5.41) is 16.2. The molecular weight excluding hydrogens is 274 g/mol. The van der Waals surface area contributed by atoms with Gasteiger partial charge in [-0.1, -0.05) is 60.7 Å². The Morgan fingerprint density at radius 2 is 1.26 bits per heavy atom. The first-order valence-corrected chi connectivity index (χ1v) is 8.42. The molecule has 0 saturated carbocycles. The quantitative estimate of drug-likeness (QED) is 0.840. The lowest BCUT2D eigenvalue weighted by atomic mass is 10.2. The van der Waals surface area contributed by atoms with Gasteiger partial charge in [-0.2, -0.15) is 0 Å². The second-order valence-corrected chi connectivity index (χ2v) is 7.97. The van der Waals surface area contributed by atoms with Crippen molar-refractivity contribution < 1.29 is 5.11 Å². The number of hydrogen-bond acceptors (Lipinski definition) is 2.